The van der Waals surface area contributed by atoms with E-state index in [-0.39, 0.29) is 12.6 Å². The summed E-state index contributed by atoms with van der Waals surface area (Å²) in [5.74, 6) is -0.747. The van der Waals surface area contributed by atoms with Gasteiger partial charge in [-0.2, -0.15) is 11.8 Å². The molecule has 0 spiro atoms. The smallest absolute Gasteiger partial charge is 0.243 e. The molecule has 1 saturated heterocycles. The minimum atomic E-state index is -4.06. The summed E-state index contributed by atoms with van der Waals surface area (Å²) in [4.78, 5) is -0.619. The standard InChI is InChI=1S/C13H18F2N2O2S2/c1-16-8-9-6-11(14)13(15)12(7-9)21(18,19)17-10-2-4-20-5-3-10/h6-7,10,16-17H,2-5,8H2,1H3. The van der Waals surface area contributed by atoms with Crippen LogP contribution in [0.4, 0.5) is 8.78 Å². The summed E-state index contributed by atoms with van der Waals surface area (Å²) < 4.78 is 54.5. The Morgan fingerprint density at radius 2 is 1.95 bits per heavy atom. The van der Waals surface area contributed by atoms with E-state index in [1.165, 1.54) is 6.07 Å². The third kappa shape index (κ3) is 4.15. The number of halogens is 2. The average molecular weight is 336 g/mol. The topological polar surface area (TPSA) is 58.2 Å². The zero-order valence-electron chi connectivity index (χ0n) is 11.7. The first kappa shape index (κ1) is 16.7. The second-order valence-corrected chi connectivity index (χ2v) is 7.84. The molecule has 0 bridgehead atoms. The highest BCUT2D eigenvalue weighted by Crippen LogP contribution is 2.23. The lowest BCUT2D eigenvalue weighted by Gasteiger charge is -2.22. The van der Waals surface area contributed by atoms with Crippen LogP contribution in [0.25, 0.3) is 0 Å². The van der Waals surface area contributed by atoms with Gasteiger partial charge in [0, 0.05) is 12.6 Å². The highest BCUT2D eigenvalue weighted by Gasteiger charge is 2.26. The van der Waals surface area contributed by atoms with Crippen LogP contribution in [0.15, 0.2) is 17.0 Å². The van der Waals surface area contributed by atoms with Crippen LogP contribution in [-0.2, 0) is 16.6 Å². The zero-order valence-corrected chi connectivity index (χ0v) is 13.3. The number of sulfonamides is 1. The van der Waals surface area contributed by atoms with Crippen molar-refractivity contribution in [2.24, 2.45) is 0 Å². The maximum absolute atomic E-state index is 13.9. The SMILES string of the molecule is CNCc1cc(F)c(F)c(S(=O)(=O)NC2CCSCC2)c1. The summed E-state index contributed by atoms with van der Waals surface area (Å²) in [6, 6.07) is 1.96. The number of rotatable bonds is 5. The molecule has 1 fully saturated rings. The molecule has 2 N–H and O–H groups in total. The number of hydrogen-bond acceptors (Lipinski definition) is 4. The molecule has 0 aromatic heterocycles. The molecule has 1 heterocycles. The molecule has 1 aromatic rings. The van der Waals surface area contributed by atoms with E-state index in [4.69, 9.17) is 0 Å². The van der Waals surface area contributed by atoms with E-state index in [2.05, 4.69) is 10.0 Å². The summed E-state index contributed by atoms with van der Waals surface area (Å²) in [5.41, 5.74) is 0.385. The first-order chi connectivity index (χ1) is 9.94. The van der Waals surface area contributed by atoms with Gasteiger partial charge in [0.1, 0.15) is 4.90 Å². The van der Waals surface area contributed by atoms with Gasteiger partial charge in [0.2, 0.25) is 10.0 Å². The Kier molecular flexibility index (Phi) is 5.59. The molecule has 1 aliphatic rings. The quantitative estimate of drug-likeness (QED) is 0.862. The predicted molar refractivity (Wildman–Crippen MR) is 79.8 cm³/mol. The average Bonchev–Trinajstić information content (AvgIpc) is 2.43. The normalized spacial score (nSPS) is 17.1. The third-order valence-corrected chi connectivity index (χ3v) is 5.84. The van der Waals surface area contributed by atoms with Gasteiger partial charge in [-0.1, -0.05) is 0 Å². The monoisotopic (exact) mass is 336 g/mol. The lowest BCUT2D eigenvalue weighted by Crippen LogP contribution is -2.37. The molecular weight excluding hydrogens is 318 g/mol. The van der Waals surface area contributed by atoms with Crippen molar-refractivity contribution in [1.82, 2.24) is 10.0 Å². The summed E-state index contributed by atoms with van der Waals surface area (Å²) in [6.07, 6.45) is 1.40. The second-order valence-electron chi connectivity index (χ2n) is 4.93. The van der Waals surface area contributed by atoms with Crippen molar-refractivity contribution in [2.45, 2.75) is 30.3 Å². The highest BCUT2D eigenvalue weighted by molar-refractivity contribution is 7.99. The van der Waals surface area contributed by atoms with Crippen molar-refractivity contribution in [1.29, 1.82) is 0 Å². The van der Waals surface area contributed by atoms with Crippen LogP contribution in [0, 0.1) is 11.6 Å². The van der Waals surface area contributed by atoms with Gasteiger partial charge in [0.15, 0.2) is 11.6 Å². The fourth-order valence-corrected chi connectivity index (χ4v) is 4.77. The Bertz CT molecular complexity index is 602. The van der Waals surface area contributed by atoms with Gasteiger partial charge in [-0.15, -0.1) is 0 Å². The summed E-state index contributed by atoms with van der Waals surface area (Å²) in [6.45, 7) is 0.264. The molecule has 0 saturated carbocycles. The van der Waals surface area contributed by atoms with Crippen molar-refractivity contribution >= 4 is 21.8 Å². The van der Waals surface area contributed by atoms with Crippen molar-refractivity contribution in [3.8, 4) is 0 Å². The molecule has 0 aliphatic carbocycles. The predicted octanol–water partition coefficient (Wildman–Crippen LogP) is 1.86. The van der Waals surface area contributed by atoms with E-state index < -0.39 is 26.6 Å². The van der Waals surface area contributed by atoms with Crippen molar-refractivity contribution in [3.63, 3.8) is 0 Å². The molecule has 118 valence electrons. The van der Waals surface area contributed by atoms with Gasteiger partial charge < -0.3 is 5.32 Å². The van der Waals surface area contributed by atoms with Crippen molar-refractivity contribution < 1.29 is 17.2 Å². The molecule has 1 aromatic carbocycles. The van der Waals surface area contributed by atoms with Gasteiger partial charge >= 0.3 is 0 Å². The van der Waals surface area contributed by atoms with Crippen LogP contribution in [0.2, 0.25) is 0 Å². The third-order valence-electron chi connectivity index (χ3n) is 3.27. The molecule has 4 nitrogen and oxygen atoms in total. The van der Waals surface area contributed by atoms with E-state index in [9.17, 15) is 17.2 Å². The van der Waals surface area contributed by atoms with Crippen LogP contribution in [0.3, 0.4) is 0 Å². The Labute approximate surface area is 127 Å². The minimum Gasteiger partial charge on any atom is -0.316 e. The van der Waals surface area contributed by atoms with Crippen LogP contribution >= 0.6 is 11.8 Å². The van der Waals surface area contributed by atoms with Gasteiger partial charge in [0.05, 0.1) is 0 Å². The Morgan fingerprint density at radius 3 is 2.57 bits per heavy atom. The van der Waals surface area contributed by atoms with Crippen LogP contribution in [-0.4, -0.2) is 33.0 Å². The summed E-state index contributed by atoms with van der Waals surface area (Å²) in [7, 11) is -2.41. The molecule has 0 atom stereocenters. The molecule has 2 rings (SSSR count). The van der Waals surface area contributed by atoms with Gasteiger partial charge in [-0.3, -0.25) is 0 Å². The second kappa shape index (κ2) is 7.04. The largest absolute Gasteiger partial charge is 0.316 e. The molecule has 21 heavy (non-hydrogen) atoms. The molecule has 0 radical (unpaired) electrons. The Hall–Kier alpha value is -0.700. The van der Waals surface area contributed by atoms with E-state index in [0.717, 1.165) is 17.6 Å². The van der Waals surface area contributed by atoms with E-state index >= 15 is 0 Å². The van der Waals surface area contributed by atoms with Crippen molar-refractivity contribution in [3.05, 3.63) is 29.3 Å². The van der Waals surface area contributed by atoms with E-state index in [0.29, 0.717) is 18.4 Å². The molecule has 1 aliphatic heterocycles. The number of thioether (sulfide) groups is 1. The lowest BCUT2D eigenvalue weighted by molar-refractivity contribution is 0.476. The minimum absolute atomic E-state index is 0.216. The van der Waals surface area contributed by atoms with E-state index in [1.807, 2.05) is 0 Å². The summed E-state index contributed by atoms with van der Waals surface area (Å²) in [5, 5.41) is 2.78. The van der Waals surface area contributed by atoms with E-state index in [1.54, 1.807) is 18.8 Å². The number of benzene rings is 1. The maximum Gasteiger partial charge on any atom is 0.243 e. The molecule has 0 amide bonds. The highest BCUT2D eigenvalue weighted by atomic mass is 32.2. The molecular formula is C13H18F2N2O2S2. The fraction of sp³-hybridized carbons (Fsp3) is 0.538. The Balaban J connectivity index is 2.29. The first-order valence-electron chi connectivity index (χ1n) is 6.66. The first-order valence-corrected chi connectivity index (χ1v) is 9.30. The zero-order chi connectivity index (χ0) is 15.5. The molecule has 8 heteroatoms. The van der Waals surface area contributed by atoms with Gasteiger partial charge in [-0.25, -0.2) is 21.9 Å². The number of hydrogen-bond donors (Lipinski definition) is 2. The molecule has 0 unspecified atom stereocenters. The van der Waals surface area contributed by atoms with Gasteiger partial charge in [0.25, 0.3) is 0 Å². The lowest BCUT2D eigenvalue weighted by atomic mass is 10.2. The fourth-order valence-electron chi connectivity index (χ4n) is 2.22. The van der Waals surface area contributed by atoms with Crippen LogP contribution in [0.1, 0.15) is 18.4 Å². The summed E-state index contributed by atoms with van der Waals surface area (Å²) >= 11 is 1.76. The van der Waals surface area contributed by atoms with Crippen LogP contribution in [0.5, 0.6) is 0 Å². The maximum atomic E-state index is 13.9. The van der Waals surface area contributed by atoms with Gasteiger partial charge in [-0.05, 0) is 49.1 Å². The Morgan fingerprint density at radius 1 is 1.29 bits per heavy atom. The van der Waals surface area contributed by atoms with Crippen molar-refractivity contribution in [2.75, 3.05) is 18.6 Å². The number of nitrogens with one attached hydrogen (secondary N) is 2. The van der Waals surface area contributed by atoms with Crippen LogP contribution < -0.4 is 10.0 Å².